The maximum atomic E-state index is 13.1. The Bertz CT molecular complexity index is 425. The largest absolute Gasteiger partial charge is 0.382 e. The number of methoxy groups -OCH3 is 1. The summed E-state index contributed by atoms with van der Waals surface area (Å²) < 4.78 is 18.1. The molecule has 0 amide bonds. The van der Waals surface area contributed by atoms with E-state index in [9.17, 15) is 4.39 Å². The summed E-state index contributed by atoms with van der Waals surface area (Å²) in [6.07, 6.45) is 0. The van der Waals surface area contributed by atoms with Gasteiger partial charge in [0.25, 0.3) is 0 Å². The summed E-state index contributed by atoms with van der Waals surface area (Å²) in [4.78, 5) is 6.21. The van der Waals surface area contributed by atoms with E-state index in [1.165, 1.54) is 12.1 Å². The zero-order valence-electron chi connectivity index (χ0n) is 11.6. The summed E-state index contributed by atoms with van der Waals surface area (Å²) in [6, 6.07) is 6.43. The number of ether oxygens (including phenoxy) is 1. The van der Waals surface area contributed by atoms with Gasteiger partial charge >= 0.3 is 0 Å². The number of benzene rings is 1. The quantitative estimate of drug-likeness (QED) is 0.363. The van der Waals surface area contributed by atoms with Crippen LogP contribution in [0.5, 0.6) is 0 Å². The standard InChI is InChI=1S/C13H21FN4O/c1-10(9-19-3)16-13(17-15)18(2)8-11-5-4-6-12(14)7-11/h4-7,10H,8-9,15H2,1-3H3,(H,16,17). The Morgan fingerprint density at radius 2 is 2.32 bits per heavy atom. The van der Waals surface area contributed by atoms with E-state index in [-0.39, 0.29) is 11.9 Å². The molecule has 5 nitrogen and oxygen atoms in total. The maximum absolute atomic E-state index is 13.1. The molecule has 0 radical (unpaired) electrons. The van der Waals surface area contributed by atoms with Gasteiger partial charge in [-0.15, -0.1) is 0 Å². The molecule has 19 heavy (non-hydrogen) atoms. The van der Waals surface area contributed by atoms with E-state index in [0.717, 1.165) is 5.56 Å². The number of nitrogens with one attached hydrogen (secondary N) is 1. The highest BCUT2D eigenvalue weighted by atomic mass is 19.1. The molecule has 0 heterocycles. The fourth-order valence-electron chi connectivity index (χ4n) is 1.72. The number of rotatable bonds is 5. The first kappa shape index (κ1) is 15.4. The second-order valence-corrected chi connectivity index (χ2v) is 4.39. The molecule has 1 rings (SSSR count). The molecule has 0 spiro atoms. The van der Waals surface area contributed by atoms with Crippen molar-refractivity contribution in [3.05, 3.63) is 35.6 Å². The van der Waals surface area contributed by atoms with E-state index in [1.807, 2.05) is 24.9 Å². The van der Waals surface area contributed by atoms with Crippen LogP contribution in [-0.4, -0.2) is 37.7 Å². The van der Waals surface area contributed by atoms with Gasteiger partial charge in [-0.05, 0) is 24.6 Å². The number of hydrogen-bond acceptors (Lipinski definition) is 3. The maximum Gasteiger partial charge on any atom is 0.208 e. The number of hydrogen-bond donors (Lipinski definition) is 2. The summed E-state index contributed by atoms with van der Waals surface area (Å²) in [6.45, 7) is 2.95. The minimum atomic E-state index is -0.252. The number of nitrogens with two attached hydrogens (primary N) is 1. The van der Waals surface area contributed by atoms with E-state index in [4.69, 9.17) is 10.6 Å². The van der Waals surface area contributed by atoms with Gasteiger partial charge in [-0.3, -0.25) is 5.43 Å². The van der Waals surface area contributed by atoms with E-state index in [1.54, 1.807) is 13.2 Å². The summed E-state index contributed by atoms with van der Waals surface area (Å²) in [5.74, 6) is 5.75. The lowest BCUT2D eigenvalue weighted by molar-refractivity contribution is 0.185. The predicted molar refractivity (Wildman–Crippen MR) is 74.0 cm³/mol. The van der Waals surface area contributed by atoms with Crippen LogP contribution >= 0.6 is 0 Å². The molecule has 0 aliphatic heterocycles. The van der Waals surface area contributed by atoms with Crippen LogP contribution in [0.3, 0.4) is 0 Å². The van der Waals surface area contributed by atoms with Crippen molar-refractivity contribution in [1.29, 1.82) is 0 Å². The van der Waals surface area contributed by atoms with Gasteiger partial charge in [0.05, 0.1) is 12.6 Å². The molecule has 1 aromatic carbocycles. The summed E-state index contributed by atoms with van der Waals surface area (Å²) in [5.41, 5.74) is 3.40. The second kappa shape index (κ2) is 7.70. The van der Waals surface area contributed by atoms with Crippen molar-refractivity contribution in [3.8, 4) is 0 Å². The molecule has 0 bridgehead atoms. The number of aliphatic imine (C=N–C) groups is 1. The molecule has 0 aliphatic carbocycles. The summed E-state index contributed by atoms with van der Waals surface area (Å²) >= 11 is 0. The lowest BCUT2D eigenvalue weighted by atomic mass is 10.2. The Morgan fingerprint density at radius 1 is 1.58 bits per heavy atom. The van der Waals surface area contributed by atoms with Crippen LogP contribution in [0.1, 0.15) is 12.5 Å². The minimum absolute atomic E-state index is 0.00832. The first-order valence-corrected chi connectivity index (χ1v) is 6.05. The SMILES string of the molecule is COCC(C)N=C(NN)N(C)Cc1cccc(F)c1. The molecule has 106 valence electrons. The number of guanidine groups is 1. The zero-order chi connectivity index (χ0) is 14.3. The number of hydrazine groups is 1. The summed E-state index contributed by atoms with van der Waals surface area (Å²) in [7, 11) is 3.46. The molecule has 6 heteroatoms. The van der Waals surface area contributed by atoms with Gasteiger partial charge in [0, 0.05) is 20.7 Å². The smallest absolute Gasteiger partial charge is 0.208 e. The van der Waals surface area contributed by atoms with E-state index >= 15 is 0 Å². The fourth-order valence-corrected chi connectivity index (χ4v) is 1.72. The Kier molecular flexibility index (Phi) is 6.24. The lowest BCUT2D eigenvalue weighted by Gasteiger charge is -2.22. The predicted octanol–water partition coefficient (Wildman–Crippen LogP) is 1.11. The normalized spacial score (nSPS) is 13.2. The first-order chi connectivity index (χ1) is 9.06. The van der Waals surface area contributed by atoms with Crippen LogP contribution in [0.15, 0.2) is 29.3 Å². The van der Waals surface area contributed by atoms with Crippen molar-refractivity contribution in [1.82, 2.24) is 10.3 Å². The van der Waals surface area contributed by atoms with Gasteiger partial charge in [-0.1, -0.05) is 12.1 Å². The minimum Gasteiger partial charge on any atom is -0.382 e. The van der Waals surface area contributed by atoms with E-state index < -0.39 is 0 Å². The third kappa shape index (κ3) is 5.23. The van der Waals surface area contributed by atoms with Crippen LogP contribution in [0.25, 0.3) is 0 Å². The third-order valence-electron chi connectivity index (χ3n) is 2.55. The summed E-state index contributed by atoms with van der Waals surface area (Å²) in [5, 5.41) is 0. The molecule has 0 fully saturated rings. The average Bonchev–Trinajstić information content (AvgIpc) is 2.36. The van der Waals surface area contributed by atoms with Crippen LogP contribution in [0.4, 0.5) is 4.39 Å². The van der Waals surface area contributed by atoms with Gasteiger partial charge in [0.2, 0.25) is 5.96 Å². The van der Waals surface area contributed by atoms with Crippen molar-refractivity contribution < 1.29 is 9.13 Å². The third-order valence-corrected chi connectivity index (χ3v) is 2.55. The molecular formula is C13H21FN4O. The number of nitrogens with zero attached hydrogens (tertiary/aromatic N) is 2. The van der Waals surface area contributed by atoms with Crippen molar-refractivity contribution >= 4 is 5.96 Å². The first-order valence-electron chi connectivity index (χ1n) is 6.05. The van der Waals surface area contributed by atoms with Crippen LogP contribution in [0, 0.1) is 5.82 Å². The van der Waals surface area contributed by atoms with Gasteiger partial charge < -0.3 is 9.64 Å². The van der Waals surface area contributed by atoms with E-state index in [2.05, 4.69) is 10.4 Å². The average molecular weight is 268 g/mol. The van der Waals surface area contributed by atoms with Gasteiger partial charge in [-0.25, -0.2) is 15.2 Å². The molecule has 1 unspecified atom stereocenters. The van der Waals surface area contributed by atoms with Crippen molar-refractivity contribution in [2.75, 3.05) is 20.8 Å². The highest BCUT2D eigenvalue weighted by Crippen LogP contribution is 2.06. The molecule has 1 atom stereocenters. The Hall–Kier alpha value is -1.66. The Labute approximate surface area is 113 Å². The van der Waals surface area contributed by atoms with Crippen LogP contribution in [-0.2, 0) is 11.3 Å². The Balaban J connectivity index is 2.71. The lowest BCUT2D eigenvalue weighted by Crippen LogP contribution is -2.43. The molecule has 0 saturated heterocycles. The highest BCUT2D eigenvalue weighted by Gasteiger charge is 2.08. The molecule has 1 aromatic rings. The van der Waals surface area contributed by atoms with E-state index in [0.29, 0.717) is 19.1 Å². The van der Waals surface area contributed by atoms with Crippen molar-refractivity contribution in [3.63, 3.8) is 0 Å². The monoisotopic (exact) mass is 268 g/mol. The molecule has 0 aliphatic rings. The highest BCUT2D eigenvalue weighted by molar-refractivity contribution is 5.79. The zero-order valence-corrected chi connectivity index (χ0v) is 11.6. The molecule has 3 N–H and O–H groups in total. The van der Waals surface area contributed by atoms with Gasteiger partial charge in [0.15, 0.2) is 0 Å². The van der Waals surface area contributed by atoms with Crippen molar-refractivity contribution in [2.24, 2.45) is 10.8 Å². The Morgan fingerprint density at radius 3 is 2.89 bits per heavy atom. The molecule has 0 saturated carbocycles. The second-order valence-electron chi connectivity index (χ2n) is 4.39. The van der Waals surface area contributed by atoms with Gasteiger partial charge in [-0.2, -0.15) is 0 Å². The van der Waals surface area contributed by atoms with Crippen LogP contribution < -0.4 is 11.3 Å². The fraction of sp³-hybridized carbons (Fsp3) is 0.462. The topological polar surface area (TPSA) is 62.9 Å². The molecule has 0 aromatic heterocycles. The number of halogens is 1. The van der Waals surface area contributed by atoms with Crippen LogP contribution in [0.2, 0.25) is 0 Å². The van der Waals surface area contributed by atoms with Gasteiger partial charge in [0.1, 0.15) is 5.82 Å². The van der Waals surface area contributed by atoms with Crippen molar-refractivity contribution in [2.45, 2.75) is 19.5 Å². The molecular weight excluding hydrogens is 247 g/mol.